The highest BCUT2D eigenvalue weighted by Gasteiger charge is 2.19. The Morgan fingerprint density at radius 2 is 0.500 bits per heavy atom. The topological polar surface area (TPSA) is 78.9 Å². The first-order chi connectivity index (χ1) is 38.5. The molecule has 0 N–H and O–H groups in total. The van der Waals surface area contributed by atoms with Crippen LogP contribution in [0.25, 0.3) is 0 Å². The third-order valence-electron chi connectivity index (χ3n) is 13.4. The van der Waals surface area contributed by atoms with Crippen LogP contribution in [0, 0.1) is 0 Å². The van der Waals surface area contributed by atoms with Crippen molar-refractivity contribution in [2.24, 2.45) is 0 Å². The molecule has 0 aromatic carbocycles. The van der Waals surface area contributed by atoms with E-state index in [0.717, 1.165) is 128 Å². The van der Waals surface area contributed by atoms with Gasteiger partial charge in [0.05, 0.1) is 0 Å². The van der Waals surface area contributed by atoms with Gasteiger partial charge in [0.1, 0.15) is 13.2 Å². The molecule has 0 heterocycles. The second kappa shape index (κ2) is 65.1. The van der Waals surface area contributed by atoms with Gasteiger partial charge in [0.25, 0.3) is 0 Å². The molecule has 0 aliphatic carbocycles. The van der Waals surface area contributed by atoms with E-state index >= 15 is 0 Å². The first-order valence-corrected chi connectivity index (χ1v) is 32.2. The molecule has 0 aromatic heterocycles. The maximum Gasteiger partial charge on any atom is 0.306 e. The van der Waals surface area contributed by atoms with E-state index in [2.05, 4.69) is 154 Å². The molecule has 0 saturated carbocycles. The molecule has 0 amide bonds. The summed E-state index contributed by atoms with van der Waals surface area (Å²) in [7, 11) is 0. The summed E-state index contributed by atoms with van der Waals surface area (Å²) in [5.41, 5.74) is 0. The van der Waals surface area contributed by atoms with Crippen LogP contribution in [0.1, 0.15) is 284 Å². The van der Waals surface area contributed by atoms with Gasteiger partial charge in [-0.1, -0.05) is 264 Å². The second-order valence-electron chi connectivity index (χ2n) is 20.9. The Labute approximate surface area is 481 Å². The van der Waals surface area contributed by atoms with Crippen molar-refractivity contribution < 1.29 is 28.6 Å². The highest BCUT2D eigenvalue weighted by Crippen LogP contribution is 2.16. The second-order valence-corrected chi connectivity index (χ2v) is 20.9. The number of hydrogen-bond donors (Lipinski definition) is 0. The van der Waals surface area contributed by atoms with E-state index in [4.69, 9.17) is 14.2 Å². The van der Waals surface area contributed by atoms with Gasteiger partial charge < -0.3 is 14.2 Å². The highest BCUT2D eigenvalue weighted by molar-refractivity contribution is 5.71. The fourth-order valence-electron chi connectivity index (χ4n) is 8.61. The smallest absolute Gasteiger partial charge is 0.306 e. The Morgan fingerprint density at radius 3 is 0.821 bits per heavy atom. The van der Waals surface area contributed by atoms with E-state index in [9.17, 15) is 14.4 Å². The van der Waals surface area contributed by atoms with Crippen molar-refractivity contribution in [2.45, 2.75) is 290 Å². The Hall–Kier alpha value is -4.45. The van der Waals surface area contributed by atoms with E-state index in [1.807, 2.05) is 0 Å². The van der Waals surface area contributed by atoms with Crippen molar-refractivity contribution in [1.29, 1.82) is 0 Å². The largest absolute Gasteiger partial charge is 0.462 e. The van der Waals surface area contributed by atoms with Crippen LogP contribution in [-0.2, 0) is 28.6 Å². The van der Waals surface area contributed by atoms with E-state index < -0.39 is 6.10 Å². The summed E-state index contributed by atoms with van der Waals surface area (Å²) in [6, 6.07) is 0. The van der Waals surface area contributed by atoms with Crippen molar-refractivity contribution in [3.8, 4) is 0 Å². The number of allylic oxidation sites excluding steroid dienone is 22. The summed E-state index contributed by atoms with van der Waals surface area (Å²) in [4.78, 5) is 38.3. The standard InChI is InChI=1S/C72H118O6/c1-4-7-10-13-16-19-22-25-27-29-31-33-34-35-36-37-38-40-41-43-45-47-50-53-56-59-62-65-71(74)77-68-69(67-76-70(73)64-61-58-55-52-49-24-21-18-15-12-9-6-3)78-72(75)66-63-60-57-54-51-48-46-44-42-39-32-30-28-26-23-20-17-14-11-8-5-2/h7-8,10-11,16-21,25-28,31-33,39,44,46,51,54,69H,4-6,9,12-15,22-24,29-30,34-38,40-43,45,47-50,52-53,55-68H2,1-3H3/b10-7-,11-8-,19-16-,20-17-,21-18-,27-25-,28-26-,33-31-,39-32-,46-44-,54-51-. The fraction of sp³-hybridized carbons (Fsp3) is 0.653. The molecule has 0 aromatic rings. The zero-order valence-electron chi connectivity index (χ0n) is 50.6. The molecule has 0 radical (unpaired) electrons. The molecule has 6 nitrogen and oxygen atoms in total. The number of carbonyl (C=O) groups excluding carboxylic acids is 3. The number of ether oxygens (including phenoxy) is 3. The van der Waals surface area contributed by atoms with Crippen LogP contribution >= 0.6 is 0 Å². The minimum absolute atomic E-state index is 0.101. The van der Waals surface area contributed by atoms with Crippen LogP contribution in [0.4, 0.5) is 0 Å². The average molecular weight is 1080 g/mol. The molecular weight excluding hydrogens is 961 g/mol. The molecule has 1 unspecified atom stereocenters. The third kappa shape index (κ3) is 62.4. The molecule has 442 valence electrons. The molecular formula is C72H118O6. The van der Waals surface area contributed by atoms with E-state index in [1.54, 1.807) is 0 Å². The van der Waals surface area contributed by atoms with Crippen LogP contribution in [0.2, 0.25) is 0 Å². The number of rotatable bonds is 57. The summed E-state index contributed by atoms with van der Waals surface area (Å²) in [6.45, 7) is 6.35. The fourth-order valence-corrected chi connectivity index (χ4v) is 8.61. The average Bonchev–Trinajstić information content (AvgIpc) is 3.44. The van der Waals surface area contributed by atoms with Crippen LogP contribution in [0.15, 0.2) is 134 Å². The van der Waals surface area contributed by atoms with E-state index in [-0.39, 0.29) is 37.5 Å². The van der Waals surface area contributed by atoms with Crippen molar-refractivity contribution in [3.63, 3.8) is 0 Å². The lowest BCUT2D eigenvalue weighted by Crippen LogP contribution is -2.30. The predicted molar refractivity (Wildman–Crippen MR) is 339 cm³/mol. The predicted octanol–water partition coefficient (Wildman–Crippen LogP) is 22.2. The van der Waals surface area contributed by atoms with Gasteiger partial charge in [0.2, 0.25) is 0 Å². The Balaban J connectivity index is 4.36. The lowest BCUT2D eigenvalue weighted by atomic mass is 10.0. The summed E-state index contributed by atoms with van der Waals surface area (Å²) in [5, 5.41) is 0. The molecule has 6 heteroatoms. The van der Waals surface area contributed by atoms with Crippen LogP contribution in [0.3, 0.4) is 0 Å². The van der Waals surface area contributed by atoms with Gasteiger partial charge in [0, 0.05) is 19.3 Å². The van der Waals surface area contributed by atoms with E-state index in [1.165, 1.54) is 109 Å². The molecule has 0 saturated heterocycles. The number of carbonyl (C=O) groups is 3. The van der Waals surface area contributed by atoms with Crippen molar-refractivity contribution >= 4 is 17.9 Å². The maximum atomic E-state index is 12.9. The molecule has 78 heavy (non-hydrogen) atoms. The zero-order valence-corrected chi connectivity index (χ0v) is 50.6. The SMILES string of the molecule is CC/C=C\C/C=C\C/C=C\C/C=C\C/C=C\C/C=C\CCCCC(=O)OC(COC(=O)CCCCCCC/C=C\CCCCC)COC(=O)CCCCCCCCCCCCCCCC/C=C\C/C=C\C/C=C\C/C=C\CC. The van der Waals surface area contributed by atoms with Gasteiger partial charge >= 0.3 is 17.9 Å². The zero-order chi connectivity index (χ0) is 56.4. The van der Waals surface area contributed by atoms with Crippen LogP contribution in [-0.4, -0.2) is 37.2 Å². The maximum absolute atomic E-state index is 12.9. The van der Waals surface area contributed by atoms with E-state index in [0.29, 0.717) is 19.3 Å². The van der Waals surface area contributed by atoms with Gasteiger partial charge in [-0.3, -0.25) is 14.4 Å². The minimum Gasteiger partial charge on any atom is -0.462 e. The van der Waals surface area contributed by atoms with Gasteiger partial charge in [-0.25, -0.2) is 0 Å². The third-order valence-corrected chi connectivity index (χ3v) is 13.4. The normalized spacial score (nSPS) is 13.0. The molecule has 0 spiro atoms. The van der Waals surface area contributed by atoms with Gasteiger partial charge in [-0.2, -0.15) is 0 Å². The molecule has 1 atom stereocenters. The molecule has 0 aliphatic heterocycles. The lowest BCUT2D eigenvalue weighted by molar-refractivity contribution is -0.167. The van der Waals surface area contributed by atoms with Gasteiger partial charge in [-0.15, -0.1) is 0 Å². The quantitative estimate of drug-likeness (QED) is 0.0261. The number of esters is 3. The molecule has 0 rings (SSSR count). The van der Waals surface area contributed by atoms with Crippen molar-refractivity contribution in [3.05, 3.63) is 134 Å². The summed E-state index contributed by atoms with van der Waals surface area (Å²) in [6.07, 6.45) is 91.8. The minimum atomic E-state index is -0.809. The van der Waals surface area contributed by atoms with Crippen molar-refractivity contribution in [2.75, 3.05) is 13.2 Å². The summed E-state index contributed by atoms with van der Waals surface area (Å²) in [5.74, 6) is -0.953. The van der Waals surface area contributed by atoms with Crippen molar-refractivity contribution in [1.82, 2.24) is 0 Å². The first kappa shape index (κ1) is 73.5. The first-order valence-electron chi connectivity index (χ1n) is 32.2. The summed E-state index contributed by atoms with van der Waals surface area (Å²) < 4.78 is 16.9. The van der Waals surface area contributed by atoms with Crippen LogP contribution < -0.4 is 0 Å². The summed E-state index contributed by atoms with van der Waals surface area (Å²) >= 11 is 0. The van der Waals surface area contributed by atoms with Crippen LogP contribution in [0.5, 0.6) is 0 Å². The molecule has 0 aliphatic rings. The Morgan fingerprint density at radius 1 is 0.269 bits per heavy atom. The number of unbranched alkanes of at least 4 members (excludes halogenated alkanes) is 24. The highest BCUT2D eigenvalue weighted by atomic mass is 16.6. The molecule has 0 bridgehead atoms. The Kier molecular flexibility index (Phi) is 61.4. The van der Waals surface area contributed by atoms with Gasteiger partial charge in [0.15, 0.2) is 6.10 Å². The Bertz CT molecular complexity index is 1670. The van der Waals surface area contributed by atoms with Gasteiger partial charge in [-0.05, 0) is 135 Å². The lowest BCUT2D eigenvalue weighted by Gasteiger charge is -2.18. The number of hydrogen-bond acceptors (Lipinski definition) is 6. The monoisotopic (exact) mass is 1080 g/mol. The molecule has 0 fully saturated rings.